The summed E-state index contributed by atoms with van der Waals surface area (Å²) in [7, 11) is -0.798. The summed E-state index contributed by atoms with van der Waals surface area (Å²) in [5.74, 6) is 1.76. The largest absolute Gasteiger partial charge is 0.494 e. The van der Waals surface area contributed by atoms with Crippen LogP contribution in [0, 0.1) is 6.92 Å². The van der Waals surface area contributed by atoms with Gasteiger partial charge in [-0.3, -0.25) is 9.29 Å². The molecule has 2 unspecified atom stereocenters. The van der Waals surface area contributed by atoms with Gasteiger partial charge in [0.1, 0.15) is 28.8 Å². The van der Waals surface area contributed by atoms with E-state index in [-0.39, 0.29) is 11.9 Å². The topological polar surface area (TPSA) is 133 Å². The van der Waals surface area contributed by atoms with Gasteiger partial charge in [0.2, 0.25) is 16.0 Å². The minimum Gasteiger partial charge on any atom is -0.494 e. The average Bonchev–Trinajstić information content (AvgIpc) is 3.30. The van der Waals surface area contributed by atoms with Crippen molar-refractivity contribution in [3.8, 4) is 17.2 Å². The molecule has 3 heterocycles. The molecule has 1 fully saturated rings. The molecule has 194 valence electrons. The smallest absolute Gasteiger partial charge is 0.243 e. The fourth-order valence-corrected chi connectivity index (χ4v) is 5.54. The van der Waals surface area contributed by atoms with Crippen molar-refractivity contribution in [2.45, 2.75) is 50.7 Å². The molecule has 11 nitrogen and oxygen atoms in total. The number of piperidine rings is 1. The lowest BCUT2D eigenvalue weighted by Crippen LogP contribution is -2.32. The van der Waals surface area contributed by atoms with Gasteiger partial charge in [-0.15, -0.1) is 10.2 Å². The van der Waals surface area contributed by atoms with Gasteiger partial charge in [-0.05, 0) is 50.9 Å². The Morgan fingerprint density at radius 1 is 1.11 bits per heavy atom. The highest BCUT2D eigenvalue weighted by Gasteiger charge is 2.33. The summed E-state index contributed by atoms with van der Waals surface area (Å²) in [6.45, 7) is 6.95. The van der Waals surface area contributed by atoms with Crippen LogP contribution in [-0.4, -0.2) is 65.7 Å². The zero-order valence-corrected chi connectivity index (χ0v) is 22.0. The Hall–Kier alpha value is -3.25. The SMILES string of the molecule is COc1cccc(OC)c1-n1c(NS(=O)(=O)C(C)C(C)c2ncc(C)cn2)nnc1[C@H]1CCCNC1. The highest BCUT2D eigenvalue weighted by molar-refractivity contribution is 7.93. The highest BCUT2D eigenvalue weighted by atomic mass is 32.2. The molecule has 0 amide bonds. The van der Waals surface area contributed by atoms with Crippen molar-refractivity contribution in [1.82, 2.24) is 30.0 Å². The van der Waals surface area contributed by atoms with E-state index in [2.05, 4.69) is 30.2 Å². The van der Waals surface area contributed by atoms with E-state index in [1.807, 2.05) is 13.0 Å². The molecule has 0 spiro atoms. The molecule has 1 saturated heterocycles. The minimum atomic E-state index is -3.91. The van der Waals surface area contributed by atoms with Crippen molar-refractivity contribution in [3.05, 3.63) is 47.8 Å². The lowest BCUT2D eigenvalue weighted by molar-refractivity contribution is 0.388. The van der Waals surface area contributed by atoms with Crippen LogP contribution in [0.15, 0.2) is 30.6 Å². The molecular formula is C24H33N7O4S. The Morgan fingerprint density at radius 2 is 1.78 bits per heavy atom. The van der Waals surface area contributed by atoms with Crippen molar-refractivity contribution in [1.29, 1.82) is 0 Å². The summed E-state index contributed by atoms with van der Waals surface area (Å²) in [4.78, 5) is 8.64. The van der Waals surface area contributed by atoms with Gasteiger partial charge in [-0.2, -0.15) is 0 Å². The van der Waals surface area contributed by atoms with E-state index in [1.54, 1.807) is 57.2 Å². The summed E-state index contributed by atoms with van der Waals surface area (Å²) in [6.07, 6.45) is 5.24. The summed E-state index contributed by atoms with van der Waals surface area (Å²) < 4.78 is 42.7. The molecule has 12 heteroatoms. The molecule has 3 aromatic rings. The van der Waals surface area contributed by atoms with Crippen LogP contribution in [0.1, 0.15) is 55.7 Å². The number of hydrogen-bond acceptors (Lipinski definition) is 9. The average molecular weight is 516 g/mol. The number of hydrogen-bond donors (Lipinski definition) is 2. The second-order valence-electron chi connectivity index (χ2n) is 9.03. The third kappa shape index (κ3) is 5.14. The maximum absolute atomic E-state index is 13.5. The normalized spacial score (nSPS) is 17.9. The van der Waals surface area contributed by atoms with Crippen LogP contribution in [0.25, 0.3) is 5.69 Å². The van der Waals surface area contributed by atoms with Crippen molar-refractivity contribution < 1.29 is 17.9 Å². The van der Waals surface area contributed by atoms with E-state index in [0.717, 1.165) is 24.9 Å². The molecule has 1 aliphatic heterocycles. The maximum Gasteiger partial charge on any atom is 0.243 e. The Morgan fingerprint density at radius 3 is 2.36 bits per heavy atom. The lowest BCUT2D eigenvalue weighted by Gasteiger charge is -2.25. The quantitative estimate of drug-likeness (QED) is 0.441. The predicted molar refractivity (Wildman–Crippen MR) is 136 cm³/mol. The first kappa shape index (κ1) is 25.8. The van der Waals surface area contributed by atoms with Gasteiger partial charge in [0.25, 0.3) is 0 Å². The van der Waals surface area contributed by atoms with Crippen LogP contribution in [0.5, 0.6) is 11.5 Å². The van der Waals surface area contributed by atoms with E-state index in [1.165, 1.54) is 0 Å². The minimum absolute atomic E-state index is 0.0384. The number of rotatable bonds is 9. The van der Waals surface area contributed by atoms with Gasteiger partial charge < -0.3 is 14.8 Å². The molecule has 36 heavy (non-hydrogen) atoms. The van der Waals surface area contributed by atoms with Gasteiger partial charge in [0.15, 0.2) is 0 Å². The fourth-order valence-electron chi connectivity index (χ4n) is 4.31. The monoisotopic (exact) mass is 515 g/mol. The van der Waals surface area contributed by atoms with E-state index in [0.29, 0.717) is 35.4 Å². The Bertz CT molecular complexity index is 1270. The number of para-hydroxylation sites is 1. The van der Waals surface area contributed by atoms with Crippen molar-refractivity contribution in [2.24, 2.45) is 0 Å². The number of anilines is 1. The van der Waals surface area contributed by atoms with Gasteiger partial charge in [0.05, 0.1) is 19.5 Å². The summed E-state index contributed by atoms with van der Waals surface area (Å²) in [5, 5.41) is 11.3. The van der Waals surface area contributed by atoms with Crippen molar-refractivity contribution >= 4 is 16.0 Å². The van der Waals surface area contributed by atoms with Crippen LogP contribution < -0.4 is 19.5 Å². The van der Waals surface area contributed by atoms with E-state index >= 15 is 0 Å². The van der Waals surface area contributed by atoms with Crippen LogP contribution in [-0.2, 0) is 10.0 Å². The number of sulfonamides is 1. The Labute approximate surface area is 211 Å². The zero-order valence-electron chi connectivity index (χ0n) is 21.2. The van der Waals surface area contributed by atoms with Crippen LogP contribution in [0.3, 0.4) is 0 Å². The third-order valence-electron chi connectivity index (χ3n) is 6.61. The first-order valence-electron chi connectivity index (χ1n) is 11.9. The number of nitrogens with zero attached hydrogens (tertiary/aromatic N) is 5. The summed E-state index contributed by atoms with van der Waals surface area (Å²) in [6, 6.07) is 5.39. The summed E-state index contributed by atoms with van der Waals surface area (Å²) >= 11 is 0. The van der Waals surface area contributed by atoms with Crippen LogP contribution in [0.2, 0.25) is 0 Å². The number of aromatic nitrogens is 5. The number of aryl methyl sites for hydroxylation is 1. The van der Waals surface area contributed by atoms with Crippen molar-refractivity contribution in [2.75, 3.05) is 32.0 Å². The highest BCUT2D eigenvalue weighted by Crippen LogP contribution is 2.38. The zero-order chi connectivity index (χ0) is 25.9. The van der Waals surface area contributed by atoms with Gasteiger partial charge in [-0.1, -0.05) is 13.0 Å². The molecule has 0 saturated carbocycles. The first-order valence-corrected chi connectivity index (χ1v) is 13.5. The second-order valence-corrected chi connectivity index (χ2v) is 11.1. The maximum atomic E-state index is 13.5. The molecule has 0 bridgehead atoms. The van der Waals surface area contributed by atoms with E-state index < -0.39 is 21.2 Å². The Balaban J connectivity index is 1.77. The molecular weight excluding hydrogens is 482 g/mol. The first-order chi connectivity index (χ1) is 17.3. The number of benzene rings is 1. The summed E-state index contributed by atoms with van der Waals surface area (Å²) in [5.41, 5.74) is 1.44. The van der Waals surface area contributed by atoms with Crippen LogP contribution in [0.4, 0.5) is 5.95 Å². The lowest BCUT2D eigenvalue weighted by atomic mass is 9.98. The molecule has 0 radical (unpaired) electrons. The standard InChI is InChI=1S/C24H33N7O4S/c1-15-12-26-22(27-13-15)16(2)17(3)36(32,33)30-24-29-28-23(18-8-7-11-25-14-18)31(24)21-19(34-4)9-6-10-20(21)35-5/h6,9-10,12-13,16-18,25H,7-8,11,14H2,1-5H3,(H,29,30)/t16?,17?,18-/m0/s1. The predicted octanol–water partition coefficient (Wildman–Crippen LogP) is 2.78. The van der Waals surface area contributed by atoms with Crippen molar-refractivity contribution in [3.63, 3.8) is 0 Å². The van der Waals surface area contributed by atoms with Crippen LogP contribution >= 0.6 is 0 Å². The van der Waals surface area contributed by atoms with E-state index in [9.17, 15) is 8.42 Å². The van der Waals surface area contributed by atoms with Gasteiger partial charge in [0, 0.05) is 30.8 Å². The van der Waals surface area contributed by atoms with Gasteiger partial charge >= 0.3 is 0 Å². The fraction of sp³-hybridized carbons (Fsp3) is 0.500. The molecule has 0 aliphatic carbocycles. The molecule has 1 aromatic carbocycles. The molecule has 2 N–H and O–H groups in total. The Kier molecular flexibility index (Phi) is 7.74. The number of methoxy groups -OCH3 is 2. The second kappa shape index (κ2) is 10.8. The molecule has 1 aliphatic rings. The molecule has 3 atom stereocenters. The third-order valence-corrected chi connectivity index (χ3v) is 8.47. The van der Waals surface area contributed by atoms with E-state index in [4.69, 9.17) is 9.47 Å². The van der Waals surface area contributed by atoms with Gasteiger partial charge in [-0.25, -0.2) is 18.4 Å². The number of nitrogens with one attached hydrogen (secondary N) is 2. The molecule has 2 aromatic heterocycles. The molecule has 4 rings (SSSR count). The number of ether oxygens (including phenoxy) is 2.